The maximum absolute atomic E-state index is 13.4. The van der Waals surface area contributed by atoms with Crippen LogP contribution < -0.4 is 0 Å². The highest BCUT2D eigenvalue weighted by Gasteiger charge is 2.05. The van der Waals surface area contributed by atoms with Gasteiger partial charge in [0.2, 0.25) is 0 Å². The average Bonchev–Trinajstić information content (AvgIpc) is 2.33. The summed E-state index contributed by atoms with van der Waals surface area (Å²) < 4.78 is 13.4. The summed E-state index contributed by atoms with van der Waals surface area (Å²) >= 11 is 0. The molecule has 16 heavy (non-hydrogen) atoms. The number of rotatable bonds is 2. The maximum Gasteiger partial charge on any atom is 0.150 e. The molecular formula is C14H11FO. The quantitative estimate of drug-likeness (QED) is 0.698. The number of halogens is 1. The van der Waals surface area contributed by atoms with E-state index in [2.05, 4.69) is 0 Å². The Morgan fingerprint density at radius 1 is 1.12 bits per heavy atom. The molecule has 0 atom stereocenters. The van der Waals surface area contributed by atoms with Gasteiger partial charge in [-0.15, -0.1) is 0 Å². The molecule has 0 amide bonds. The highest BCUT2D eigenvalue weighted by atomic mass is 19.1. The Balaban J connectivity index is 2.58. The molecule has 0 saturated carbocycles. The molecule has 0 aromatic heterocycles. The molecular weight excluding hydrogens is 203 g/mol. The van der Waals surface area contributed by atoms with E-state index in [4.69, 9.17) is 0 Å². The second-order valence-corrected chi connectivity index (χ2v) is 3.66. The maximum atomic E-state index is 13.4. The zero-order valence-electron chi connectivity index (χ0n) is 8.91. The normalized spacial score (nSPS) is 10.1. The van der Waals surface area contributed by atoms with Crippen LogP contribution in [-0.2, 0) is 0 Å². The summed E-state index contributed by atoms with van der Waals surface area (Å²) in [6.45, 7) is 1.73. The summed E-state index contributed by atoms with van der Waals surface area (Å²) in [7, 11) is 0. The molecule has 1 nitrogen and oxygen atoms in total. The summed E-state index contributed by atoms with van der Waals surface area (Å²) in [6, 6.07) is 12.1. The minimum atomic E-state index is -0.228. The third-order valence-electron chi connectivity index (χ3n) is 2.60. The Bertz CT molecular complexity index is 532. The second-order valence-electron chi connectivity index (χ2n) is 3.66. The SMILES string of the molecule is Cc1c(F)cccc1-c1cccc(C=O)c1. The molecule has 0 heterocycles. The highest BCUT2D eigenvalue weighted by Crippen LogP contribution is 2.25. The number of benzene rings is 2. The average molecular weight is 214 g/mol. The molecule has 80 valence electrons. The van der Waals surface area contributed by atoms with Crippen LogP contribution >= 0.6 is 0 Å². The van der Waals surface area contributed by atoms with Crippen LogP contribution in [0.3, 0.4) is 0 Å². The van der Waals surface area contributed by atoms with Gasteiger partial charge >= 0.3 is 0 Å². The van der Waals surface area contributed by atoms with E-state index >= 15 is 0 Å². The van der Waals surface area contributed by atoms with Crippen molar-refractivity contribution in [2.24, 2.45) is 0 Å². The first-order valence-electron chi connectivity index (χ1n) is 5.03. The van der Waals surface area contributed by atoms with Crippen molar-refractivity contribution in [2.45, 2.75) is 6.92 Å². The summed E-state index contributed by atoms with van der Waals surface area (Å²) in [4.78, 5) is 10.7. The zero-order chi connectivity index (χ0) is 11.5. The fourth-order valence-electron chi connectivity index (χ4n) is 1.70. The van der Waals surface area contributed by atoms with E-state index in [0.29, 0.717) is 11.1 Å². The van der Waals surface area contributed by atoms with Crippen LogP contribution in [0.25, 0.3) is 11.1 Å². The van der Waals surface area contributed by atoms with E-state index in [1.165, 1.54) is 6.07 Å². The summed E-state index contributed by atoms with van der Waals surface area (Å²) in [5.74, 6) is -0.228. The first-order chi connectivity index (χ1) is 7.72. The van der Waals surface area contributed by atoms with Gasteiger partial charge in [0.15, 0.2) is 0 Å². The topological polar surface area (TPSA) is 17.1 Å². The molecule has 0 N–H and O–H groups in total. The molecule has 0 fully saturated rings. The molecule has 2 rings (SSSR count). The first kappa shape index (κ1) is 10.6. The van der Waals surface area contributed by atoms with Crippen molar-refractivity contribution >= 4 is 6.29 Å². The smallest absolute Gasteiger partial charge is 0.150 e. The van der Waals surface area contributed by atoms with Crippen LogP contribution in [0.2, 0.25) is 0 Å². The zero-order valence-corrected chi connectivity index (χ0v) is 8.91. The van der Waals surface area contributed by atoms with Crippen LogP contribution in [0, 0.1) is 12.7 Å². The molecule has 0 aliphatic rings. The van der Waals surface area contributed by atoms with E-state index in [1.54, 1.807) is 31.2 Å². The first-order valence-corrected chi connectivity index (χ1v) is 5.03. The fraction of sp³-hybridized carbons (Fsp3) is 0.0714. The van der Waals surface area contributed by atoms with Crippen LogP contribution in [0.1, 0.15) is 15.9 Å². The van der Waals surface area contributed by atoms with E-state index in [1.807, 2.05) is 12.1 Å². The molecule has 0 spiro atoms. The van der Waals surface area contributed by atoms with Gasteiger partial charge in [0, 0.05) is 5.56 Å². The van der Waals surface area contributed by atoms with E-state index in [-0.39, 0.29) is 5.82 Å². The van der Waals surface area contributed by atoms with Gasteiger partial charge in [-0.1, -0.05) is 30.3 Å². The predicted molar refractivity (Wildman–Crippen MR) is 62.0 cm³/mol. The molecule has 0 aliphatic heterocycles. The Morgan fingerprint density at radius 2 is 1.88 bits per heavy atom. The Labute approximate surface area is 93.5 Å². The lowest BCUT2D eigenvalue weighted by Gasteiger charge is -2.07. The van der Waals surface area contributed by atoms with Gasteiger partial charge in [-0.2, -0.15) is 0 Å². The minimum Gasteiger partial charge on any atom is -0.298 e. The number of aldehydes is 1. The molecule has 2 aromatic carbocycles. The van der Waals surface area contributed by atoms with Crippen LogP contribution in [-0.4, -0.2) is 6.29 Å². The molecule has 2 aromatic rings. The van der Waals surface area contributed by atoms with E-state index < -0.39 is 0 Å². The Hall–Kier alpha value is -1.96. The van der Waals surface area contributed by atoms with Crippen molar-refractivity contribution in [3.63, 3.8) is 0 Å². The fourth-order valence-corrected chi connectivity index (χ4v) is 1.70. The standard InChI is InChI=1S/C14H11FO/c1-10-13(6-3-7-14(10)15)12-5-2-4-11(8-12)9-16/h2-9H,1H3. The number of hydrogen-bond acceptors (Lipinski definition) is 1. The van der Waals surface area contributed by atoms with Crippen molar-refractivity contribution in [3.8, 4) is 11.1 Å². The lowest BCUT2D eigenvalue weighted by Crippen LogP contribution is -1.89. The predicted octanol–water partition coefficient (Wildman–Crippen LogP) is 3.61. The Kier molecular flexibility index (Phi) is 2.82. The van der Waals surface area contributed by atoms with Crippen molar-refractivity contribution in [1.82, 2.24) is 0 Å². The van der Waals surface area contributed by atoms with Gasteiger partial charge in [-0.25, -0.2) is 4.39 Å². The summed E-state index contributed by atoms with van der Waals surface area (Å²) in [6.07, 6.45) is 0.790. The second kappa shape index (κ2) is 4.27. The number of hydrogen-bond donors (Lipinski definition) is 0. The van der Waals surface area contributed by atoms with Crippen molar-refractivity contribution in [3.05, 3.63) is 59.4 Å². The van der Waals surface area contributed by atoms with Gasteiger partial charge in [-0.3, -0.25) is 4.79 Å². The van der Waals surface area contributed by atoms with Crippen LogP contribution in [0.4, 0.5) is 4.39 Å². The van der Waals surface area contributed by atoms with Gasteiger partial charge in [0.25, 0.3) is 0 Å². The lowest BCUT2D eigenvalue weighted by atomic mass is 9.99. The number of carbonyl (C=O) groups excluding carboxylic acids is 1. The summed E-state index contributed by atoms with van der Waals surface area (Å²) in [5.41, 5.74) is 2.89. The monoisotopic (exact) mass is 214 g/mol. The van der Waals surface area contributed by atoms with Crippen LogP contribution in [0.15, 0.2) is 42.5 Å². The van der Waals surface area contributed by atoms with Crippen molar-refractivity contribution < 1.29 is 9.18 Å². The minimum absolute atomic E-state index is 0.228. The van der Waals surface area contributed by atoms with Gasteiger partial charge in [0.05, 0.1) is 0 Å². The van der Waals surface area contributed by atoms with Crippen LogP contribution in [0.5, 0.6) is 0 Å². The highest BCUT2D eigenvalue weighted by molar-refractivity contribution is 5.79. The Morgan fingerprint density at radius 3 is 2.62 bits per heavy atom. The summed E-state index contributed by atoms with van der Waals surface area (Å²) in [5, 5.41) is 0. The molecule has 0 saturated heterocycles. The largest absolute Gasteiger partial charge is 0.298 e. The molecule has 0 unspecified atom stereocenters. The molecule has 0 bridgehead atoms. The molecule has 0 aliphatic carbocycles. The van der Waals surface area contributed by atoms with E-state index in [9.17, 15) is 9.18 Å². The van der Waals surface area contributed by atoms with Gasteiger partial charge in [-0.05, 0) is 35.7 Å². The van der Waals surface area contributed by atoms with Gasteiger partial charge in [0.1, 0.15) is 12.1 Å². The molecule has 0 radical (unpaired) electrons. The third kappa shape index (κ3) is 1.87. The number of carbonyl (C=O) groups is 1. The van der Waals surface area contributed by atoms with E-state index in [0.717, 1.165) is 17.4 Å². The van der Waals surface area contributed by atoms with Crippen molar-refractivity contribution in [2.75, 3.05) is 0 Å². The third-order valence-corrected chi connectivity index (χ3v) is 2.60. The van der Waals surface area contributed by atoms with Crippen molar-refractivity contribution in [1.29, 1.82) is 0 Å². The lowest BCUT2D eigenvalue weighted by molar-refractivity contribution is 0.112. The molecule has 2 heteroatoms. The van der Waals surface area contributed by atoms with Gasteiger partial charge < -0.3 is 0 Å².